The average molecular weight is 334 g/mol. The second-order valence-corrected chi connectivity index (χ2v) is 7.49. The van der Waals surface area contributed by atoms with Crippen LogP contribution < -0.4 is 0 Å². The van der Waals surface area contributed by atoms with Crippen molar-refractivity contribution < 1.29 is 4.79 Å². The van der Waals surface area contributed by atoms with Gasteiger partial charge in [0.2, 0.25) is 5.91 Å². The molecule has 0 atom stereocenters. The van der Waals surface area contributed by atoms with Crippen molar-refractivity contribution in [3.8, 4) is 6.07 Å². The van der Waals surface area contributed by atoms with E-state index in [0.29, 0.717) is 39.7 Å². The van der Waals surface area contributed by atoms with Crippen LogP contribution in [0.4, 0.5) is 0 Å². The van der Waals surface area contributed by atoms with E-state index in [-0.39, 0.29) is 5.91 Å². The molecule has 1 aromatic rings. The summed E-state index contributed by atoms with van der Waals surface area (Å²) in [6.45, 7) is 13.5. The van der Waals surface area contributed by atoms with E-state index in [0.717, 1.165) is 13.1 Å². The fraction of sp³-hybridized carbons (Fsp3) is 0.647. The largest absolute Gasteiger partial charge is 0.341 e. The minimum absolute atomic E-state index is 0.0928. The zero-order valence-electron chi connectivity index (χ0n) is 14.9. The summed E-state index contributed by atoms with van der Waals surface area (Å²) in [6.07, 6.45) is 0. The highest BCUT2D eigenvalue weighted by molar-refractivity contribution is 8.00. The number of hydrogen-bond acceptors (Lipinski definition) is 5. The first-order valence-corrected chi connectivity index (χ1v) is 8.89. The van der Waals surface area contributed by atoms with Crippen molar-refractivity contribution in [1.82, 2.24) is 14.9 Å². The molecule has 0 bridgehead atoms. The van der Waals surface area contributed by atoms with E-state index in [1.807, 2.05) is 4.90 Å². The van der Waals surface area contributed by atoms with Crippen molar-refractivity contribution in [1.29, 1.82) is 5.26 Å². The van der Waals surface area contributed by atoms with Gasteiger partial charge in [-0.25, -0.2) is 9.97 Å². The van der Waals surface area contributed by atoms with Gasteiger partial charge in [0.1, 0.15) is 22.5 Å². The lowest BCUT2D eigenvalue weighted by atomic mass is 10.1. The zero-order chi connectivity index (χ0) is 17.6. The van der Waals surface area contributed by atoms with E-state index >= 15 is 0 Å². The lowest BCUT2D eigenvalue weighted by Gasteiger charge is -2.26. The molecule has 1 heterocycles. The van der Waals surface area contributed by atoms with Crippen molar-refractivity contribution in [3.63, 3.8) is 0 Å². The van der Waals surface area contributed by atoms with Crippen molar-refractivity contribution in [2.45, 2.75) is 46.6 Å². The van der Waals surface area contributed by atoms with E-state index in [1.165, 1.54) is 11.8 Å². The number of carbonyl (C=O) groups is 1. The molecule has 0 radical (unpaired) electrons. The molecule has 126 valence electrons. The Labute approximate surface area is 143 Å². The highest BCUT2D eigenvalue weighted by Gasteiger charge is 2.18. The number of aromatic nitrogens is 2. The van der Waals surface area contributed by atoms with Crippen LogP contribution in [0.3, 0.4) is 0 Å². The number of rotatable bonds is 7. The number of hydrogen-bond donors (Lipinski definition) is 0. The minimum atomic E-state index is 0.0928. The molecule has 1 aromatic heterocycles. The van der Waals surface area contributed by atoms with Crippen LogP contribution in [-0.2, 0) is 4.79 Å². The van der Waals surface area contributed by atoms with Crippen molar-refractivity contribution >= 4 is 17.7 Å². The molecule has 0 unspecified atom stereocenters. The third kappa shape index (κ3) is 6.19. The first kappa shape index (κ1) is 19.4. The van der Waals surface area contributed by atoms with Gasteiger partial charge in [-0.1, -0.05) is 39.5 Å². The number of nitrogens with zero attached hydrogens (tertiary/aromatic N) is 4. The second kappa shape index (κ2) is 8.88. The fourth-order valence-corrected chi connectivity index (χ4v) is 3.27. The van der Waals surface area contributed by atoms with Crippen molar-refractivity contribution in [3.05, 3.63) is 17.1 Å². The molecule has 1 rings (SSSR count). The smallest absolute Gasteiger partial charge is 0.233 e. The third-order valence-corrected chi connectivity index (χ3v) is 4.10. The number of thioether (sulfide) groups is 1. The Bertz CT molecular complexity index is 583. The predicted molar refractivity (Wildman–Crippen MR) is 93.2 cm³/mol. The molecule has 0 saturated heterocycles. The summed E-state index contributed by atoms with van der Waals surface area (Å²) in [7, 11) is 0. The van der Waals surface area contributed by atoms with Gasteiger partial charge >= 0.3 is 0 Å². The normalized spacial score (nSPS) is 10.9. The van der Waals surface area contributed by atoms with E-state index < -0.39 is 0 Å². The summed E-state index contributed by atoms with van der Waals surface area (Å²) < 4.78 is 0. The summed E-state index contributed by atoms with van der Waals surface area (Å²) in [5.74, 6) is 1.87. The molecule has 5 nitrogen and oxygen atoms in total. The molecule has 0 aliphatic rings. The summed E-state index contributed by atoms with van der Waals surface area (Å²) in [5, 5.41) is 9.86. The van der Waals surface area contributed by atoms with E-state index in [9.17, 15) is 10.1 Å². The van der Waals surface area contributed by atoms with Gasteiger partial charge in [0.15, 0.2) is 0 Å². The molecule has 23 heavy (non-hydrogen) atoms. The first-order valence-electron chi connectivity index (χ1n) is 7.90. The summed E-state index contributed by atoms with van der Waals surface area (Å²) in [5.41, 5.74) is 1.13. The summed E-state index contributed by atoms with van der Waals surface area (Å²) >= 11 is 1.33. The first-order chi connectivity index (χ1) is 10.7. The molecule has 1 amide bonds. The second-order valence-electron chi connectivity index (χ2n) is 6.52. The maximum atomic E-state index is 12.5. The molecule has 0 fully saturated rings. The van der Waals surface area contributed by atoms with Crippen LogP contribution in [0, 0.1) is 37.0 Å². The number of aryl methyl sites for hydroxylation is 2. The highest BCUT2D eigenvalue weighted by atomic mass is 32.2. The lowest BCUT2D eigenvalue weighted by molar-refractivity contribution is -0.129. The molecule has 0 N–H and O–H groups in total. The quantitative estimate of drug-likeness (QED) is 0.566. The van der Waals surface area contributed by atoms with Gasteiger partial charge < -0.3 is 4.90 Å². The Morgan fingerprint density at radius 1 is 1.17 bits per heavy atom. The Kier molecular flexibility index (Phi) is 7.50. The van der Waals surface area contributed by atoms with Gasteiger partial charge in [0.25, 0.3) is 0 Å². The molecule has 0 aliphatic carbocycles. The predicted octanol–water partition coefficient (Wildman–Crippen LogP) is 3.20. The zero-order valence-corrected chi connectivity index (χ0v) is 15.7. The van der Waals surface area contributed by atoms with Crippen molar-refractivity contribution in [2.75, 3.05) is 18.8 Å². The highest BCUT2D eigenvalue weighted by Crippen LogP contribution is 2.22. The Morgan fingerprint density at radius 3 is 2.22 bits per heavy atom. The maximum absolute atomic E-state index is 12.5. The monoisotopic (exact) mass is 334 g/mol. The number of nitriles is 1. The molecule has 6 heteroatoms. The van der Waals surface area contributed by atoms with Crippen LogP contribution in [0.25, 0.3) is 0 Å². The van der Waals surface area contributed by atoms with Crippen LogP contribution in [0.5, 0.6) is 0 Å². The Hall–Kier alpha value is -1.61. The van der Waals surface area contributed by atoms with Gasteiger partial charge in [-0.2, -0.15) is 5.26 Å². The van der Waals surface area contributed by atoms with Gasteiger partial charge in [-0.15, -0.1) is 0 Å². The standard InChI is InChI=1S/C17H26N4OS/c1-11(2)8-21(9-12(3)4)16(22)10-23-17-15(7-18)13(5)19-14(6)20-17/h11-12H,8-10H2,1-6H3. The third-order valence-electron chi connectivity index (χ3n) is 3.14. The Balaban J connectivity index is 2.83. The average Bonchev–Trinajstić information content (AvgIpc) is 2.42. The number of carbonyl (C=O) groups excluding carboxylic acids is 1. The van der Waals surface area contributed by atoms with Gasteiger partial charge in [-0.3, -0.25) is 4.79 Å². The van der Waals surface area contributed by atoms with E-state index in [1.54, 1.807) is 13.8 Å². The lowest BCUT2D eigenvalue weighted by Crippen LogP contribution is -2.38. The van der Waals surface area contributed by atoms with E-state index in [4.69, 9.17) is 0 Å². The summed E-state index contributed by atoms with van der Waals surface area (Å²) in [6, 6.07) is 2.14. The van der Waals surface area contributed by atoms with Gasteiger partial charge in [-0.05, 0) is 25.7 Å². The van der Waals surface area contributed by atoms with Gasteiger partial charge in [0, 0.05) is 13.1 Å². The molecule has 0 aliphatic heterocycles. The molecule has 0 aromatic carbocycles. The van der Waals surface area contributed by atoms with Crippen molar-refractivity contribution in [2.24, 2.45) is 11.8 Å². The van der Waals surface area contributed by atoms with Gasteiger partial charge in [0.05, 0.1) is 11.4 Å². The van der Waals surface area contributed by atoms with Crippen LogP contribution in [-0.4, -0.2) is 39.6 Å². The minimum Gasteiger partial charge on any atom is -0.341 e. The van der Waals surface area contributed by atoms with Crippen LogP contribution in [0.15, 0.2) is 5.03 Å². The van der Waals surface area contributed by atoms with Crippen LogP contribution in [0.1, 0.15) is 44.8 Å². The molecule has 0 spiro atoms. The number of amides is 1. The molecule has 0 saturated carbocycles. The van der Waals surface area contributed by atoms with E-state index in [2.05, 4.69) is 43.7 Å². The SMILES string of the molecule is Cc1nc(C)c(C#N)c(SCC(=O)N(CC(C)C)CC(C)C)n1. The summed E-state index contributed by atoms with van der Waals surface area (Å²) in [4.78, 5) is 23.0. The maximum Gasteiger partial charge on any atom is 0.233 e. The molecular weight excluding hydrogens is 308 g/mol. The fourth-order valence-electron chi connectivity index (χ4n) is 2.30. The Morgan fingerprint density at radius 2 is 1.74 bits per heavy atom. The van der Waals surface area contributed by atoms with Crippen LogP contribution >= 0.6 is 11.8 Å². The molecular formula is C17H26N4OS. The topological polar surface area (TPSA) is 69.9 Å². The van der Waals surface area contributed by atoms with Crippen LogP contribution in [0.2, 0.25) is 0 Å².